The highest BCUT2D eigenvalue weighted by Crippen LogP contribution is 2.24. The molecule has 1 heterocycles. The molecule has 0 saturated heterocycles. The maximum Gasteiger partial charge on any atom is 0.259 e. The molecule has 1 aromatic heterocycles. The summed E-state index contributed by atoms with van der Waals surface area (Å²) in [4.78, 5) is 11.9. The van der Waals surface area contributed by atoms with Crippen molar-refractivity contribution in [3.8, 4) is 0 Å². The molecule has 0 aliphatic heterocycles. The first-order valence-electron chi connectivity index (χ1n) is 4.73. The molecule has 0 radical (unpaired) electrons. The summed E-state index contributed by atoms with van der Waals surface area (Å²) in [6, 6.07) is 4.90. The molecule has 88 valence electrons. The van der Waals surface area contributed by atoms with Crippen molar-refractivity contribution in [3.63, 3.8) is 0 Å². The van der Waals surface area contributed by atoms with Crippen LogP contribution in [0.5, 0.6) is 0 Å². The van der Waals surface area contributed by atoms with E-state index in [1.54, 1.807) is 25.1 Å². The Labute approximate surface area is 107 Å². The molecule has 2 rings (SSSR count). The number of carbonyl (C=O) groups excluding carboxylic acids is 1. The number of amides is 1. The summed E-state index contributed by atoms with van der Waals surface area (Å²) >= 11 is 7.23. The molecular weight excluding hydrogens is 260 g/mol. The third kappa shape index (κ3) is 2.54. The van der Waals surface area contributed by atoms with Crippen LogP contribution in [0.25, 0.3) is 0 Å². The van der Waals surface area contributed by atoms with Gasteiger partial charge in [0.25, 0.3) is 5.91 Å². The van der Waals surface area contributed by atoms with E-state index < -0.39 is 0 Å². The molecule has 0 unspecified atom stereocenters. The van der Waals surface area contributed by atoms with Crippen LogP contribution in [0.15, 0.2) is 18.2 Å². The summed E-state index contributed by atoms with van der Waals surface area (Å²) in [6.07, 6.45) is 0. The van der Waals surface area contributed by atoms with E-state index >= 15 is 0 Å². The second kappa shape index (κ2) is 4.68. The summed E-state index contributed by atoms with van der Waals surface area (Å²) in [5.41, 5.74) is 6.31. The van der Waals surface area contributed by atoms with Crippen LogP contribution in [0.2, 0.25) is 5.02 Å². The van der Waals surface area contributed by atoms with Gasteiger partial charge in [0.15, 0.2) is 0 Å². The van der Waals surface area contributed by atoms with Crippen LogP contribution in [0.4, 0.5) is 10.8 Å². The van der Waals surface area contributed by atoms with Gasteiger partial charge in [-0.05, 0) is 19.1 Å². The number of hydrogen-bond donors (Lipinski definition) is 2. The smallest absolute Gasteiger partial charge is 0.259 e. The fraction of sp³-hybridized carbons (Fsp3) is 0.100. The predicted octanol–water partition coefficient (Wildman–Crippen LogP) is 2.33. The number of nitrogens with one attached hydrogen (secondary N) is 1. The summed E-state index contributed by atoms with van der Waals surface area (Å²) < 4.78 is 0. The molecule has 0 fully saturated rings. The van der Waals surface area contributed by atoms with Crippen molar-refractivity contribution in [1.29, 1.82) is 0 Å². The van der Waals surface area contributed by atoms with Gasteiger partial charge in [-0.1, -0.05) is 29.0 Å². The molecule has 1 aromatic carbocycles. The lowest BCUT2D eigenvalue weighted by molar-refractivity contribution is 0.102. The fourth-order valence-corrected chi connectivity index (χ4v) is 2.04. The Balaban J connectivity index is 2.23. The number of nitrogens with zero attached hydrogens (tertiary/aromatic N) is 2. The molecule has 2 aromatic rings. The number of carbonyl (C=O) groups is 1. The van der Waals surface area contributed by atoms with Crippen molar-refractivity contribution in [2.75, 3.05) is 11.1 Å². The lowest BCUT2D eigenvalue weighted by Crippen LogP contribution is -2.12. The molecule has 0 bridgehead atoms. The van der Waals surface area contributed by atoms with Crippen molar-refractivity contribution in [2.24, 2.45) is 0 Å². The Bertz CT molecular complexity index is 569. The molecule has 17 heavy (non-hydrogen) atoms. The molecule has 3 N–H and O–H groups in total. The number of aromatic nitrogens is 2. The van der Waals surface area contributed by atoms with Crippen LogP contribution in [0.1, 0.15) is 15.4 Å². The standard InChI is InChI=1S/C10H9ClN4OS/c1-5-14-15-10(17-5)13-9(16)6-3-2-4-7(12)8(6)11/h2-4H,12H2,1H3,(H,13,15,16). The number of nitrogen functional groups attached to an aromatic ring is 1. The van der Waals surface area contributed by atoms with Gasteiger partial charge in [0.1, 0.15) is 5.01 Å². The molecule has 1 amide bonds. The number of hydrogen-bond acceptors (Lipinski definition) is 5. The Kier molecular flexibility index (Phi) is 3.26. The van der Waals surface area contributed by atoms with E-state index in [0.717, 1.165) is 5.01 Å². The van der Waals surface area contributed by atoms with Gasteiger partial charge in [-0.25, -0.2) is 0 Å². The number of anilines is 2. The van der Waals surface area contributed by atoms with E-state index in [0.29, 0.717) is 16.4 Å². The second-order valence-electron chi connectivity index (χ2n) is 3.29. The molecule has 0 aliphatic rings. The van der Waals surface area contributed by atoms with Gasteiger partial charge in [-0.15, -0.1) is 10.2 Å². The van der Waals surface area contributed by atoms with Gasteiger partial charge in [-0.2, -0.15) is 0 Å². The monoisotopic (exact) mass is 268 g/mol. The van der Waals surface area contributed by atoms with Gasteiger partial charge in [-0.3, -0.25) is 10.1 Å². The molecule has 0 saturated carbocycles. The zero-order valence-electron chi connectivity index (χ0n) is 8.90. The maximum atomic E-state index is 11.9. The molecule has 0 atom stereocenters. The first-order chi connectivity index (χ1) is 8.08. The average molecular weight is 269 g/mol. The summed E-state index contributed by atoms with van der Waals surface area (Å²) in [7, 11) is 0. The quantitative estimate of drug-likeness (QED) is 0.819. The number of rotatable bonds is 2. The maximum absolute atomic E-state index is 11.9. The van der Waals surface area contributed by atoms with Crippen LogP contribution in [-0.4, -0.2) is 16.1 Å². The normalized spacial score (nSPS) is 10.2. The van der Waals surface area contributed by atoms with Crippen molar-refractivity contribution < 1.29 is 4.79 Å². The Morgan fingerprint density at radius 3 is 2.88 bits per heavy atom. The summed E-state index contributed by atoms with van der Waals surface area (Å²) in [6.45, 7) is 1.81. The van der Waals surface area contributed by atoms with Gasteiger partial charge in [0.2, 0.25) is 5.13 Å². The molecular formula is C10H9ClN4OS. The van der Waals surface area contributed by atoms with Crippen LogP contribution in [0.3, 0.4) is 0 Å². The van der Waals surface area contributed by atoms with Gasteiger partial charge >= 0.3 is 0 Å². The van der Waals surface area contributed by atoms with Crippen LogP contribution in [-0.2, 0) is 0 Å². The van der Waals surface area contributed by atoms with Crippen LogP contribution >= 0.6 is 22.9 Å². The number of halogens is 1. The second-order valence-corrected chi connectivity index (χ2v) is 4.85. The van der Waals surface area contributed by atoms with Crippen molar-refractivity contribution in [3.05, 3.63) is 33.8 Å². The highest BCUT2D eigenvalue weighted by atomic mass is 35.5. The third-order valence-electron chi connectivity index (χ3n) is 2.02. The third-order valence-corrected chi connectivity index (χ3v) is 3.20. The number of nitrogens with two attached hydrogens (primary N) is 1. The van der Waals surface area contributed by atoms with E-state index in [4.69, 9.17) is 17.3 Å². The van der Waals surface area contributed by atoms with Gasteiger partial charge < -0.3 is 5.73 Å². The lowest BCUT2D eigenvalue weighted by atomic mass is 10.2. The predicted molar refractivity (Wildman–Crippen MR) is 68.5 cm³/mol. The van der Waals surface area contributed by atoms with Crippen LogP contribution in [0, 0.1) is 6.92 Å². The van der Waals surface area contributed by atoms with E-state index in [9.17, 15) is 4.79 Å². The first-order valence-corrected chi connectivity index (χ1v) is 5.93. The van der Waals surface area contributed by atoms with E-state index in [2.05, 4.69) is 15.5 Å². The zero-order chi connectivity index (χ0) is 12.4. The minimum Gasteiger partial charge on any atom is -0.398 e. The Morgan fingerprint density at radius 2 is 2.24 bits per heavy atom. The molecule has 7 heteroatoms. The van der Waals surface area contributed by atoms with E-state index in [-0.39, 0.29) is 10.9 Å². The lowest BCUT2D eigenvalue weighted by Gasteiger charge is -2.05. The molecule has 0 aliphatic carbocycles. The Morgan fingerprint density at radius 1 is 1.47 bits per heavy atom. The molecule has 0 spiro atoms. The largest absolute Gasteiger partial charge is 0.398 e. The first kappa shape index (κ1) is 11.8. The van der Waals surface area contributed by atoms with E-state index in [1.165, 1.54) is 11.3 Å². The highest BCUT2D eigenvalue weighted by Gasteiger charge is 2.13. The van der Waals surface area contributed by atoms with Crippen molar-refractivity contribution >= 4 is 39.7 Å². The van der Waals surface area contributed by atoms with Crippen molar-refractivity contribution in [1.82, 2.24) is 10.2 Å². The topological polar surface area (TPSA) is 80.9 Å². The summed E-state index contributed by atoms with van der Waals surface area (Å²) in [5, 5.41) is 11.7. The highest BCUT2D eigenvalue weighted by molar-refractivity contribution is 7.15. The number of benzene rings is 1. The minimum atomic E-state index is -0.349. The Hall–Kier alpha value is -1.66. The fourth-order valence-electron chi connectivity index (χ4n) is 1.24. The molecule has 5 nitrogen and oxygen atoms in total. The summed E-state index contributed by atoms with van der Waals surface area (Å²) in [5.74, 6) is -0.349. The van der Waals surface area contributed by atoms with Gasteiger partial charge in [0.05, 0.1) is 16.3 Å². The zero-order valence-corrected chi connectivity index (χ0v) is 10.5. The van der Waals surface area contributed by atoms with Crippen LogP contribution < -0.4 is 11.1 Å². The van der Waals surface area contributed by atoms with Crippen molar-refractivity contribution in [2.45, 2.75) is 6.92 Å². The average Bonchev–Trinajstić information content (AvgIpc) is 2.68. The van der Waals surface area contributed by atoms with Gasteiger partial charge in [0, 0.05) is 0 Å². The SMILES string of the molecule is Cc1nnc(NC(=O)c2cccc(N)c2Cl)s1. The number of aryl methyl sites for hydroxylation is 1. The van der Waals surface area contributed by atoms with E-state index in [1.807, 2.05) is 0 Å². The minimum absolute atomic E-state index is 0.242.